The number of hydrogen-bond acceptors (Lipinski definition) is 6. The molecule has 0 saturated carbocycles. The molecule has 0 radical (unpaired) electrons. The van der Waals surface area contributed by atoms with E-state index in [1.54, 1.807) is 18.0 Å². The zero-order valence-electron chi connectivity index (χ0n) is 11.2. The molecule has 0 atom stereocenters. The van der Waals surface area contributed by atoms with E-state index in [-0.39, 0.29) is 23.1 Å². The van der Waals surface area contributed by atoms with Crippen LogP contribution in [0.3, 0.4) is 0 Å². The van der Waals surface area contributed by atoms with E-state index in [0.717, 1.165) is 5.56 Å². The molecular formula is C13H12FN5O2. The lowest BCUT2D eigenvalue weighted by molar-refractivity contribution is -0.383. The number of anilines is 3. The maximum atomic E-state index is 13.4. The SMILES string of the molecule is CNc1ncnc(N2CCc3ccc(F)cc32)c1[N+](=O)[O-]. The van der Waals surface area contributed by atoms with Crippen molar-refractivity contribution in [3.05, 3.63) is 46.0 Å². The van der Waals surface area contributed by atoms with Gasteiger partial charge in [-0.1, -0.05) is 6.07 Å². The lowest BCUT2D eigenvalue weighted by Gasteiger charge is -2.18. The highest BCUT2D eigenvalue weighted by molar-refractivity contribution is 5.78. The molecule has 1 N–H and O–H groups in total. The summed E-state index contributed by atoms with van der Waals surface area (Å²) >= 11 is 0. The van der Waals surface area contributed by atoms with Crippen LogP contribution in [0.25, 0.3) is 0 Å². The third-order valence-electron chi connectivity index (χ3n) is 3.42. The molecule has 7 nitrogen and oxygen atoms in total. The van der Waals surface area contributed by atoms with Crippen molar-refractivity contribution >= 4 is 23.0 Å². The summed E-state index contributed by atoms with van der Waals surface area (Å²) in [6.07, 6.45) is 1.94. The minimum absolute atomic E-state index is 0.134. The Bertz CT molecular complexity index is 722. The Morgan fingerprint density at radius 3 is 2.95 bits per heavy atom. The standard InChI is InChI=1S/C13H12FN5O2/c1-15-12-11(19(20)21)13(17-7-16-12)18-5-4-8-2-3-9(14)6-10(8)18/h2-3,6-7H,4-5H2,1H3,(H,15,16,17). The van der Waals surface area contributed by atoms with Crippen molar-refractivity contribution in [1.82, 2.24) is 9.97 Å². The van der Waals surface area contributed by atoms with Crippen molar-refractivity contribution in [3.63, 3.8) is 0 Å². The van der Waals surface area contributed by atoms with Gasteiger partial charge in [0, 0.05) is 19.3 Å². The second-order valence-corrected chi connectivity index (χ2v) is 4.58. The Morgan fingerprint density at radius 2 is 2.24 bits per heavy atom. The Labute approximate surface area is 119 Å². The summed E-state index contributed by atoms with van der Waals surface area (Å²) in [4.78, 5) is 20.3. The van der Waals surface area contributed by atoms with E-state index >= 15 is 0 Å². The average molecular weight is 289 g/mol. The van der Waals surface area contributed by atoms with Crippen molar-refractivity contribution in [1.29, 1.82) is 0 Å². The van der Waals surface area contributed by atoms with E-state index in [1.807, 2.05) is 0 Å². The van der Waals surface area contributed by atoms with Crippen molar-refractivity contribution in [2.45, 2.75) is 6.42 Å². The lowest BCUT2D eigenvalue weighted by atomic mass is 10.2. The fourth-order valence-corrected chi connectivity index (χ4v) is 2.49. The van der Waals surface area contributed by atoms with E-state index < -0.39 is 4.92 Å². The normalized spacial score (nSPS) is 13.1. The number of fused-ring (bicyclic) bond motifs is 1. The van der Waals surface area contributed by atoms with E-state index in [4.69, 9.17) is 0 Å². The van der Waals surface area contributed by atoms with Crippen molar-refractivity contribution in [3.8, 4) is 0 Å². The molecule has 0 fully saturated rings. The number of aromatic nitrogens is 2. The Balaban J connectivity index is 2.16. The van der Waals surface area contributed by atoms with E-state index in [2.05, 4.69) is 15.3 Å². The summed E-state index contributed by atoms with van der Waals surface area (Å²) in [5, 5.41) is 14.0. The summed E-state index contributed by atoms with van der Waals surface area (Å²) in [5.41, 5.74) is 1.34. The predicted octanol–water partition coefficient (Wildman–Crippen LogP) is 2.26. The Kier molecular flexibility index (Phi) is 3.13. The first-order chi connectivity index (χ1) is 10.1. The van der Waals surface area contributed by atoms with Crippen LogP contribution in [-0.2, 0) is 6.42 Å². The molecule has 0 bridgehead atoms. The molecular weight excluding hydrogens is 277 g/mol. The van der Waals surface area contributed by atoms with Crippen LogP contribution in [-0.4, -0.2) is 28.5 Å². The largest absolute Gasteiger partial charge is 0.367 e. The van der Waals surface area contributed by atoms with Gasteiger partial charge in [-0.25, -0.2) is 14.4 Å². The monoisotopic (exact) mass is 289 g/mol. The molecule has 2 aromatic rings. The van der Waals surface area contributed by atoms with Crippen LogP contribution < -0.4 is 10.2 Å². The molecule has 8 heteroatoms. The maximum absolute atomic E-state index is 13.4. The van der Waals surface area contributed by atoms with E-state index in [9.17, 15) is 14.5 Å². The Morgan fingerprint density at radius 1 is 1.43 bits per heavy atom. The van der Waals surface area contributed by atoms with Gasteiger partial charge in [0.25, 0.3) is 0 Å². The second kappa shape index (κ2) is 4.97. The van der Waals surface area contributed by atoms with Crippen LogP contribution in [0.5, 0.6) is 0 Å². The third kappa shape index (κ3) is 2.14. The molecule has 108 valence electrons. The summed E-state index contributed by atoms with van der Waals surface area (Å²) in [5.74, 6) is -0.0789. The summed E-state index contributed by atoms with van der Waals surface area (Å²) < 4.78 is 13.4. The van der Waals surface area contributed by atoms with Crippen LogP contribution in [0, 0.1) is 15.9 Å². The van der Waals surface area contributed by atoms with Gasteiger partial charge >= 0.3 is 5.69 Å². The van der Waals surface area contributed by atoms with E-state index in [0.29, 0.717) is 18.7 Å². The number of halogens is 1. The highest BCUT2D eigenvalue weighted by Crippen LogP contribution is 2.40. The zero-order valence-corrected chi connectivity index (χ0v) is 11.2. The molecule has 0 amide bonds. The van der Waals surface area contributed by atoms with Crippen molar-refractivity contribution in [2.24, 2.45) is 0 Å². The van der Waals surface area contributed by atoms with Crippen LogP contribution in [0.1, 0.15) is 5.56 Å². The summed E-state index contributed by atoms with van der Waals surface area (Å²) in [6, 6.07) is 4.44. The first-order valence-corrected chi connectivity index (χ1v) is 6.35. The number of nitro groups is 1. The Hall–Kier alpha value is -2.77. The topological polar surface area (TPSA) is 84.2 Å². The van der Waals surface area contributed by atoms with Gasteiger partial charge in [-0.3, -0.25) is 10.1 Å². The maximum Gasteiger partial charge on any atom is 0.353 e. The first kappa shape index (κ1) is 13.2. The second-order valence-electron chi connectivity index (χ2n) is 4.58. The van der Waals surface area contributed by atoms with Gasteiger partial charge in [0.2, 0.25) is 11.6 Å². The molecule has 1 aliphatic rings. The molecule has 21 heavy (non-hydrogen) atoms. The number of hydrogen-bond donors (Lipinski definition) is 1. The molecule has 0 aliphatic carbocycles. The molecule has 1 aromatic carbocycles. The fraction of sp³-hybridized carbons (Fsp3) is 0.231. The smallest absolute Gasteiger partial charge is 0.353 e. The molecule has 1 aliphatic heterocycles. The molecule has 0 unspecified atom stereocenters. The van der Waals surface area contributed by atoms with Gasteiger partial charge in [-0.05, 0) is 24.1 Å². The number of nitrogens with one attached hydrogen (secondary N) is 1. The molecule has 1 aromatic heterocycles. The van der Waals surface area contributed by atoms with Gasteiger partial charge in [0.05, 0.1) is 4.92 Å². The molecule has 2 heterocycles. The van der Waals surface area contributed by atoms with Crippen LogP contribution >= 0.6 is 0 Å². The molecule has 0 saturated heterocycles. The lowest BCUT2D eigenvalue weighted by Crippen LogP contribution is -2.17. The summed E-state index contributed by atoms with van der Waals surface area (Å²) in [7, 11) is 1.55. The minimum Gasteiger partial charge on any atom is -0.367 e. The third-order valence-corrected chi connectivity index (χ3v) is 3.42. The average Bonchev–Trinajstić information content (AvgIpc) is 2.89. The number of benzene rings is 1. The molecule has 0 spiro atoms. The van der Waals surface area contributed by atoms with Gasteiger partial charge < -0.3 is 10.2 Å². The predicted molar refractivity (Wildman–Crippen MR) is 75.3 cm³/mol. The van der Waals surface area contributed by atoms with Gasteiger partial charge in [-0.15, -0.1) is 0 Å². The van der Waals surface area contributed by atoms with Crippen molar-refractivity contribution in [2.75, 3.05) is 23.8 Å². The number of rotatable bonds is 3. The van der Waals surface area contributed by atoms with Crippen molar-refractivity contribution < 1.29 is 9.31 Å². The van der Waals surface area contributed by atoms with Gasteiger partial charge in [0.15, 0.2) is 0 Å². The highest BCUT2D eigenvalue weighted by Gasteiger charge is 2.31. The zero-order chi connectivity index (χ0) is 15.0. The van der Waals surface area contributed by atoms with E-state index in [1.165, 1.54) is 18.5 Å². The summed E-state index contributed by atoms with van der Waals surface area (Å²) in [6.45, 7) is 0.514. The van der Waals surface area contributed by atoms with Crippen LogP contribution in [0.15, 0.2) is 24.5 Å². The quantitative estimate of drug-likeness (QED) is 0.689. The van der Waals surface area contributed by atoms with Gasteiger partial charge in [0.1, 0.15) is 12.1 Å². The minimum atomic E-state index is -0.529. The van der Waals surface area contributed by atoms with Crippen LogP contribution in [0.2, 0.25) is 0 Å². The molecule has 3 rings (SSSR count). The fourth-order valence-electron chi connectivity index (χ4n) is 2.49. The first-order valence-electron chi connectivity index (χ1n) is 6.35. The number of nitrogens with zero attached hydrogens (tertiary/aromatic N) is 4. The van der Waals surface area contributed by atoms with Gasteiger partial charge in [-0.2, -0.15) is 0 Å². The van der Waals surface area contributed by atoms with Crippen LogP contribution in [0.4, 0.5) is 27.4 Å². The highest BCUT2D eigenvalue weighted by atomic mass is 19.1.